The van der Waals surface area contributed by atoms with Gasteiger partial charge in [0, 0.05) is 11.6 Å². The van der Waals surface area contributed by atoms with Crippen molar-refractivity contribution in [3.8, 4) is 11.5 Å². The molecule has 166 valence electrons. The maximum Gasteiger partial charge on any atom is 0.120 e. The van der Waals surface area contributed by atoms with E-state index in [2.05, 4.69) is 53.8 Å². The fourth-order valence-corrected chi connectivity index (χ4v) is 4.33. The summed E-state index contributed by atoms with van der Waals surface area (Å²) in [6.07, 6.45) is 0.987. The van der Waals surface area contributed by atoms with E-state index < -0.39 is 0 Å². The van der Waals surface area contributed by atoms with E-state index in [4.69, 9.17) is 21.1 Å². The van der Waals surface area contributed by atoms with Crippen LogP contribution in [0.2, 0.25) is 5.02 Å². The average molecular weight is 456 g/mol. The lowest BCUT2D eigenvalue weighted by atomic mass is 9.89. The first-order valence-corrected chi connectivity index (χ1v) is 11.6. The van der Waals surface area contributed by atoms with Crippen LogP contribution in [0.25, 0.3) is 0 Å². The molecular weight excluding hydrogens is 430 g/mol. The topological polar surface area (TPSA) is 30.5 Å². The van der Waals surface area contributed by atoms with Gasteiger partial charge in [0.2, 0.25) is 0 Å². The molecule has 0 amide bonds. The molecule has 0 bridgehead atoms. The summed E-state index contributed by atoms with van der Waals surface area (Å²) in [6.45, 7) is 2.02. The first-order chi connectivity index (χ1) is 16.2. The monoisotopic (exact) mass is 455 g/mol. The smallest absolute Gasteiger partial charge is 0.120 e. The minimum absolute atomic E-state index is 0.135. The molecule has 1 unspecified atom stereocenters. The highest BCUT2D eigenvalue weighted by atomic mass is 35.5. The Morgan fingerprint density at radius 1 is 0.727 bits per heavy atom. The third-order valence-electron chi connectivity index (χ3n) is 5.93. The Kier molecular flexibility index (Phi) is 6.61. The number of hydrogen-bond acceptors (Lipinski definition) is 3. The summed E-state index contributed by atoms with van der Waals surface area (Å²) in [7, 11) is 0. The molecule has 33 heavy (non-hydrogen) atoms. The number of hydrogen-bond donors (Lipinski definition) is 1. The lowest BCUT2D eigenvalue weighted by Gasteiger charge is -2.28. The fourth-order valence-electron chi connectivity index (χ4n) is 4.20. The first-order valence-electron chi connectivity index (χ1n) is 11.2. The maximum absolute atomic E-state index is 6.05. The second-order valence-corrected chi connectivity index (χ2v) is 8.70. The summed E-state index contributed by atoms with van der Waals surface area (Å²) in [5, 5.41) is 4.40. The number of rotatable bonds is 7. The largest absolute Gasteiger partial charge is 0.489 e. The maximum atomic E-state index is 6.05. The van der Waals surface area contributed by atoms with Crippen molar-refractivity contribution in [1.29, 1.82) is 0 Å². The first kappa shape index (κ1) is 21.6. The van der Waals surface area contributed by atoms with Gasteiger partial charge in [-0.2, -0.15) is 0 Å². The number of benzene rings is 4. The van der Waals surface area contributed by atoms with Crippen molar-refractivity contribution in [3.63, 3.8) is 0 Å². The van der Waals surface area contributed by atoms with Crippen molar-refractivity contribution in [2.45, 2.75) is 25.7 Å². The molecule has 5 rings (SSSR count). The highest BCUT2D eigenvalue weighted by molar-refractivity contribution is 6.30. The van der Waals surface area contributed by atoms with E-state index in [1.807, 2.05) is 48.5 Å². The molecule has 1 heterocycles. The van der Waals surface area contributed by atoms with Gasteiger partial charge in [-0.15, -0.1) is 0 Å². The summed E-state index contributed by atoms with van der Waals surface area (Å²) in [5.74, 6) is 1.78. The molecule has 0 spiro atoms. The summed E-state index contributed by atoms with van der Waals surface area (Å²) in [6, 6.07) is 32.9. The molecule has 1 aliphatic rings. The second-order valence-electron chi connectivity index (χ2n) is 8.26. The average Bonchev–Trinajstić information content (AvgIpc) is 2.87. The van der Waals surface area contributed by atoms with Crippen molar-refractivity contribution in [1.82, 2.24) is 5.32 Å². The Balaban J connectivity index is 1.29. The Morgan fingerprint density at radius 3 is 2.24 bits per heavy atom. The van der Waals surface area contributed by atoms with Crippen LogP contribution in [0, 0.1) is 0 Å². The fraction of sp³-hybridized carbons (Fsp3) is 0.172. The molecule has 0 aromatic heterocycles. The van der Waals surface area contributed by atoms with Gasteiger partial charge in [0.1, 0.15) is 24.7 Å². The molecule has 4 heteroatoms. The normalized spacial score (nSPS) is 15.0. The summed E-state index contributed by atoms with van der Waals surface area (Å²) < 4.78 is 12.1. The standard InChI is InChI=1S/C29H26ClNO2/c30-25-11-9-22(10-12-25)20-32-26-8-4-7-24(18-26)29-28-14-13-27(17-23(28)15-16-31-29)33-19-21-5-2-1-3-6-21/h1-14,17-18,29,31H,15-16,19-20H2. The highest BCUT2D eigenvalue weighted by Gasteiger charge is 2.22. The number of fused-ring (bicyclic) bond motifs is 1. The molecule has 0 saturated carbocycles. The molecule has 1 N–H and O–H groups in total. The number of ether oxygens (including phenoxy) is 2. The van der Waals surface area contributed by atoms with Gasteiger partial charge in [-0.25, -0.2) is 0 Å². The van der Waals surface area contributed by atoms with Gasteiger partial charge in [-0.05, 0) is 70.6 Å². The molecule has 1 atom stereocenters. The molecule has 0 saturated heterocycles. The van der Waals surface area contributed by atoms with E-state index in [1.165, 1.54) is 22.3 Å². The van der Waals surface area contributed by atoms with Crippen molar-refractivity contribution in [3.05, 3.63) is 130 Å². The minimum atomic E-state index is 0.135. The van der Waals surface area contributed by atoms with E-state index in [0.717, 1.165) is 35.1 Å². The SMILES string of the molecule is Clc1ccc(COc2cccc(C3NCCc4cc(OCc5ccccc5)ccc43)c2)cc1. The molecule has 4 aromatic carbocycles. The Bertz CT molecular complexity index is 1210. The molecule has 1 aliphatic heterocycles. The summed E-state index contributed by atoms with van der Waals surface area (Å²) >= 11 is 5.98. The zero-order valence-corrected chi connectivity index (χ0v) is 19.1. The van der Waals surface area contributed by atoms with Gasteiger partial charge in [0.15, 0.2) is 0 Å². The summed E-state index contributed by atoms with van der Waals surface area (Å²) in [4.78, 5) is 0. The van der Waals surface area contributed by atoms with Crippen LogP contribution in [0.1, 0.15) is 33.9 Å². The molecule has 4 aromatic rings. The molecule has 0 radical (unpaired) electrons. The van der Waals surface area contributed by atoms with Crippen LogP contribution in [0.4, 0.5) is 0 Å². The van der Waals surface area contributed by atoms with Gasteiger partial charge >= 0.3 is 0 Å². The minimum Gasteiger partial charge on any atom is -0.489 e. The third-order valence-corrected chi connectivity index (χ3v) is 6.18. The van der Waals surface area contributed by atoms with E-state index in [-0.39, 0.29) is 6.04 Å². The Hall–Kier alpha value is -3.27. The van der Waals surface area contributed by atoms with E-state index in [9.17, 15) is 0 Å². The van der Waals surface area contributed by atoms with Crippen molar-refractivity contribution >= 4 is 11.6 Å². The highest BCUT2D eigenvalue weighted by Crippen LogP contribution is 2.33. The van der Waals surface area contributed by atoms with Crippen LogP contribution >= 0.6 is 11.6 Å². The number of halogens is 1. The lowest BCUT2D eigenvalue weighted by Crippen LogP contribution is -2.30. The molecule has 3 nitrogen and oxygen atoms in total. The predicted octanol–water partition coefficient (Wildman–Crippen LogP) is 6.73. The third kappa shape index (κ3) is 5.39. The second kappa shape index (κ2) is 10.1. The van der Waals surface area contributed by atoms with Crippen molar-refractivity contribution < 1.29 is 9.47 Å². The van der Waals surface area contributed by atoms with Crippen LogP contribution < -0.4 is 14.8 Å². The number of nitrogens with one attached hydrogen (secondary N) is 1. The van der Waals surface area contributed by atoms with Crippen molar-refractivity contribution in [2.75, 3.05) is 6.54 Å². The molecular formula is C29H26ClNO2. The van der Waals surface area contributed by atoms with E-state index in [1.54, 1.807) is 0 Å². The van der Waals surface area contributed by atoms with Crippen LogP contribution in [0.5, 0.6) is 11.5 Å². The lowest BCUT2D eigenvalue weighted by molar-refractivity contribution is 0.305. The van der Waals surface area contributed by atoms with E-state index >= 15 is 0 Å². The van der Waals surface area contributed by atoms with Crippen LogP contribution in [-0.4, -0.2) is 6.54 Å². The van der Waals surface area contributed by atoms with Crippen LogP contribution in [-0.2, 0) is 19.6 Å². The van der Waals surface area contributed by atoms with E-state index in [0.29, 0.717) is 13.2 Å². The van der Waals surface area contributed by atoms with Gasteiger partial charge in [-0.3, -0.25) is 0 Å². The van der Waals surface area contributed by atoms with Gasteiger partial charge < -0.3 is 14.8 Å². The van der Waals surface area contributed by atoms with Crippen LogP contribution in [0.15, 0.2) is 97.1 Å². The Labute approximate surface area is 200 Å². The Morgan fingerprint density at radius 2 is 1.45 bits per heavy atom. The molecule has 0 aliphatic carbocycles. The van der Waals surface area contributed by atoms with Gasteiger partial charge in [0.05, 0.1) is 6.04 Å². The quantitative estimate of drug-likeness (QED) is 0.335. The van der Waals surface area contributed by atoms with Gasteiger partial charge in [0.25, 0.3) is 0 Å². The zero-order chi connectivity index (χ0) is 22.5. The summed E-state index contributed by atoms with van der Waals surface area (Å²) in [5.41, 5.74) is 6.08. The predicted molar refractivity (Wildman–Crippen MR) is 133 cm³/mol. The van der Waals surface area contributed by atoms with Crippen molar-refractivity contribution in [2.24, 2.45) is 0 Å². The van der Waals surface area contributed by atoms with Crippen LogP contribution in [0.3, 0.4) is 0 Å². The zero-order valence-electron chi connectivity index (χ0n) is 18.3. The van der Waals surface area contributed by atoms with Gasteiger partial charge in [-0.1, -0.05) is 72.3 Å². The molecule has 0 fully saturated rings.